The lowest BCUT2D eigenvalue weighted by atomic mass is 10.1. The fourth-order valence-electron chi connectivity index (χ4n) is 2.16. The normalized spacial score (nSPS) is 13.0. The van der Waals surface area contributed by atoms with Crippen LogP contribution in [0.3, 0.4) is 0 Å². The Kier molecular flexibility index (Phi) is 4.39. The molecule has 0 amide bonds. The second kappa shape index (κ2) is 5.94. The van der Waals surface area contributed by atoms with Gasteiger partial charge in [-0.15, -0.1) is 0 Å². The van der Waals surface area contributed by atoms with Gasteiger partial charge in [0, 0.05) is 11.6 Å². The van der Waals surface area contributed by atoms with Gasteiger partial charge in [0.25, 0.3) is 0 Å². The fourth-order valence-corrected chi connectivity index (χ4v) is 2.94. The summed E-state index contributed by atoms with van der Waals surface area (Å²) in [7, 11) is -3.28. The number of carbonyl (C=O) groups is 1. The topological polar surface area (TPSA) is 96.6 Å². The van der Waals surface area contributed by atoms with Gasteiger partial charge in [-0.3, -0.25) is 0 Å². The lowest BCUT2D eigenvalue weighted by Crippen LogP contribution is -2.25. The van der Waals surface area contributed by atoms with Gasteiger partial charge in [-0.2, -0.15) is 0 Å². The summed E-state index contributed by atoms with van der Waals surface area (Å²) in [6.45, 7) is 3.34. The van der Waals surface area contributed by atoms with Crippen molar-refractivity contribution in [3.8, 4) is 11.3 Å². The maximum atomic E-state index is 11.2. The molecule has 7 heteroatoms. The number of rotatable bonds is 5. The Bertz CT molecular complexity index is 790. The van der Waals surface area contributed by atoms with Crippen LogP contribution in [-0.2, 0) is 10.0 Å². The monoisotopic (exact) mass is 323 g/mol. The molecule has 6 nitrogen and oxygen atoms in total. The minimum absolute atomic E-state index is 0.131. The average Bonchev–Trinajstić information content (AvgIpc) is 2.79. The number of carboxylic acids is 1. The summed E-state index contributed by atoms with van der Waals surface area (Å²) in [4.78, 5) is 11.0. The molecule has 2 rings (SSSR count). The molecule has 1 atom stereocenters. The van der Waals surface area contributed by atoms with E-state index >= 15 is 0 Å². The third kappa shape index (κ3) is 3.75. The van der Waals surface area contributed by atoms with Gasteiger partial charge >= 0.3 is 5.97 Å². The molecule has 1 heterocycles. The number of furan rings is 1. The third-order valence-electron chi connectivity index (χ3n) is 3.23. The summed E-state index contributed by atoms with van der Waals surface area (Å²) in [6.07, 6.45) is 1.11. The zero-order valence-electron chi connectivity index (χ0n) is 12.5. The number of hydrogen-bond acceptors (Lipinski definition) is 4. The molecule has 0 aliphatic heterocycles. The van der Waals surface area contributed by atoms with Crippen molar-refractivity contribution in [2.24, 2.45) is 0 Å². The second-order valence-electron chi connectivity index (χ2n) is 5.12. The van der Waals surface area contributed by atoms with Crippen molar-refractivity contribution < 1.29 is 22.7 Å². The van der Waals surface area contributed by atoms with Crippen LogP contribution >= 0.6 is 0 Å². The zero-order valence-corrected chi connectivity index (χ0v) is 13.3. The molecule has 0 bridgehead atoms. The van der Waals surface area contributed by atoms with Crippen LogP contribution < -0.4 is 4.72 Å². The van der Waals surface area contributed by atoms with E-state index in [1.54, 1.807) is 38.1 Å². The van der Waals surface area contributed by atoms with Gasteiger partial charge in [0.15, 0.2) is 0 Å². The molecule has 0 saturated heterocycles. The number of benzene rings is 1. The van der Waals surface area contributed by atoms with Gasteiger partial charge in [-0.25, -0.2) is 17.9 Å². The zero-order chi connectivity index (χ0) is 16.5. The Morgan fingerprint density at radius 3 is 2.32 bits per heavy atom. The SMILES string of the molecule is Cc1oc(-c2ccc([C@H](C)NS(C)(=O)=O)cc2)cc1C(=O)O. The van der Waals surface area contributed by atoms with Crippen molar-refractivity contribution in [1.82, 2.24) is 4.72 Å². The molecule has 0 saturated carbocycles. The average molecular weight is 323 g/mol. The molecular weight excluding hydrogens is 306 g/mol. The van der Waals surface area contributed by atoms with Crippen molar-refractivity contribution in [3.63, 3.8) is 0 Å². The molecule has 0 unspecified atom stereocenters. The van der Waals surface area contributed by atoms with Crippen LogP contribution in [0.1, 0.15) is 34.6 Å². The molecule has 2 N–H and O–H groups in total. The maximum Gasteiger partial charge on any atom is 0.339 e. The van der Waals surface area contributed by atoms with Crippen molar-refractivity contribution in [2.45, 2.75) is 19.9 Å². The molecule has 22 heavy (non-hydrogen) atoms. The molecule has 0 spiro atoms. The van der Waals surface area contributed by atoms with E-state index in [0.29, 0.717) is 11.5 Å². The minimum atomic E-state index is -3.28. The molecule has 2 aromatic rings. The van der Waals surface area contributed by atoms with Crippen LogP contribution in [0.2, 0.25) is 0 Å². The van der Waals surface area contributed by atoms with Gasteiger partial charge in [0.05, 0.1) is 6.26 Å². The number of carboxylic acid groups (broad SMARTS) is 1. The van der Waals surface area contributed by atoms with Crippen molar-refractivity contribution in [2.75, 3.05) is 6.26 Å². The lowest BCUT2D eigenvalue weighted by molar-refractivity contribution is 0.0695. The standard InChI is InChI=1S/C15H17NO5S/c1-9(16-22(3,19)20)11-4-6-12(7-5-11)14-8-13(15(17)18)10(2)21-14/h4-9,16H,1-3H3,(H,17,18)/t9-/m0/s1. The van der Waals surface area contributed by atoms with Crippen molar-refractivity contribution in [3.05, 3.63) is 47.2 Å². The van der Waals surface area contributed by atoms with Crippen molar-refractivity contribution >= 4 is 16.0 Å². The third-order valence-corrected chi connectivity index (χ3v) is 4.02. The Labute approximate surface area is 128 Å². The summed E-state index contributed by atoms with van der Waals surface area (Å²) in [5.74, 6) is -0.223. The Morgan fingerprint density at radius 1 is 1.27 bits per heavy atom. The van der Waals surface area contributed by atoms with E-state index in [1.165, 1.54) is 6.07 Å². The van der Waals surface area contributed by atoms with Crippen LogP contribution in [0, 0.1) is 6.92 Å². The van der Waals surface area contributed by atoms with Crippen LogP contribution in [0.15, 0.2) is 34.7 Å². The van der Waals surface area contributed by atoms with Crippen LogP contribution in [0.4, 0.5) is 0 Å². The maximum absolute atomic E-state index is 11.2. The molecule has 0 aliphatic carbocycles. The molecule has 1 aromatic heterocycles. The van der Waals surface area contributed by atoms with E-state index in [-0.39, 0.29) is 11.6 Å². The Hall–Kier alpha value is -2.12. The first-order valence-electron chi connectivity index (χ1n) is 6.59. The van der Waals surface area contributed by atoms with Gasteiger partial charge in [0.2, 0.25) is 10.0 Å². The van der Waals surface area contributed by atoms with Gasteiger partial charge < -0.3 is 9.52 Å². The first-order chi connectivity index (χ1) is 10.2. The van der Waals surface area contributed by atoms with Gasteiger partial charge in [-0.05, 0) is 25.5 Å². The molecular formula is C15H17NO5S. The molecule has 0 radical (unpaired) electrons. The molecule has 118 valence electrons. The summed E-state index contributed by atoms with van der Waals surface area (Å²) in [5, 5.41) is 9.03. The van der Waals surface area contributed by atoms with E-state index in [1.807, 2.05) is 0 Å². The smallest absolute Gasteiger partial charge is 0.339 e. The first kappa shape index (κ1) is 16.3. The number of sulfonamides is 1. The van der Waals surface area contributed by atoms with E-state index < -0.39 is 16.0 Å². The summed E-state index contributed by atoms with van der Waals surface area (Å²) < 4.78 is 30.4. The highest BCUT2D eigenvalue weighted by Crippen LogP contribution is 2.26. The largest absolute Gasteiger partial charge is 0.478 e. The molecule has 1 aromatic carbocycles. The summed E-state index contributed by atoms with van der Waals surface area (Å²) in [5.41, 5.74) is 1.66. The lowest BCUT2D eigenvalue weighted by Gasteiger charge is -2.12. The van der Waals surface area contributed by atoms with E-state index in [9.17, 15) is 13.2 Å². The van der Waals surface area contributed by atoms with E-state index in [2.05, 4.69) is 4.72 Å². The first-order valence-corrected chi connectivity index (χ1v) is 8.48. The highest BCUT2D eigenvalue weighted by atomic mass is 32.2. The number of hydrogen-bond donors (Lipinski definition) is 2. The Morgan fingerprint density at radius 2 is 1.86 bits per heavy atom. The predicted molar refractivity (Wildman–Crippen MR) is 82.2 cm³/mol. The van der Waals surface area contributed by atoms with E-state index in [0.717, 1.165) is 17.4 Å². The van der Waals surface area contributed by atoms with Gasteiger partial charge in [-0.1, -0.05) is 24.3 Å². The fraction of sp³-hybridized carbons (Fsp3) is 0.267. The summed E-state index contributed by atoms with van der Waals surface area (Å²) in [6, 6.07) is 8.20. The number of aryl methyl sites for hydroxylation is 1. The molecule has 0 fully saturated rings. The quantitative estimate of drug-likeness (QED) is 0.881. The molecule has 0 aliphatic rings. The number of aromatic carboxylic acids is 1. The van der Waals surface area contributed by atoms with E-state index in [4.69, 9.17) is 9.52 Å². The second-order valence-corrected chi connectivity index (χ2v) is 6.90. The van der Waals surface area contributed by atoms with Crippen molar-refractivity contribution in [1.29, 1.82) is 0 Å². The minimum Gasteiger partial charge on any atom is -0.478 e. The highest BCUT2D eigenvalue weighted by molar-refractivity contribution is 7.88. The predicted octanol–water partition coefficient (Wildman–Crippen LogP) is 2.56. The highest BCUT2D eigenvalue weighted by Gasteiger charge is 2.15. The number of nitrogens with one attached hydrogen (secondary N) is 1. The van der Waals surface area contributed by atoms with Crippen LogP contribution in [-0.4, -0.2) is 25.7 Å². The summed E-state index contributed by atoms with van der Waals surface area (Å²) >= 11 is 0. The van der Waals surface area contributed by atoms with Crippen LogP contribution in [0.5, 0.6) is 0 Å². The van der Waals surface area contributed by atoms with Crippen LogP contribution in [0.25, 0.3) is 11.3 Å². The Balaban J connectivity index is 2.25. The van der Waals surface area contributed by atoms with Gasteiger partial charge in [0.1, 0.15) is 17.1 Å².